The van der Waals surface area contributed by atoms with Crippen molar-refractivity contribution in [1.82, 2.24) is 15.5 Å². The zero-order chi connectivity index (χ0) is 19.9. The molecule has 162 valence electrons. The Balaban J connectivity index is 0.00000300. The molecule has 3 rings (SSSR count). The van der Waals surface area contributed by atoms with Crippen molar-refractivity contribution in [2.45, 2.75) is 44.9 Å². The lowest BCUT2D eigenvalue weighted by atomic mass is 10.2. The van der Waals surface area contributed by atoms with Crippen molar-refractivity contribution >= 4 is 41.5 Å². The van der Waals surface area contributed by atoms with Crippen molar-refractivity contribution < 1.29 is 9.53 Å². The smallest absolute Gasteiger partial charge is 0.229 e. The number of hydrogen-bond donors (Lipinski definition) is 2. The number of amides is 1. The normalized spacial score (nSPS) is 25.6. The standard InChI is InChI=1S/C21H33N5O2.HI/c1-16-13-25(14-17(2)28-16)11-7-10-23-21(22-3)24-18-12-20(27)26(15-18)19-8-5-4-6-9-19;/h4-6,8-9,16-18H,7,10-15H2,1-3H3,(H2,22,23,24);1H. The van der Waals surface area contributed by atoms with Gasteiger partial charge in [-0.1, -0.05) is 18.2 Å². The maximum atomic E-state index is 12.4. The molecule has 2 saturated heterocycles. The van der Waals surface area contributed by atoms with E-state index in [1.54, 1.807) is 7.05 Å². The van der Waals surface area contributed by atoms with Crippen LogP contribution in [0, 0.1) is 0 Å². The average Bonchev–Trinajstić information content (AvgIpc) is 3.04. The van der Waals surface area contributed by atoms with Crippen molar-refractivity contribution in [1.29, 1.82) is 0 Å². The third-order valence-electron chi connectivity index (χ3n) is 5.20. The monoisotopic (exact) mass is 515 g/mol. The molecule has 2 aliphatic rings. The molecule has 0 aliphatic carbocycles. The maximum Gasteiger partial charge on any atom is 0.229 e. The van der Waals surface area contributed by atoms with Gasteiger partial charge in [0.1, 0.15) is 0 Å². The van der Waals surface area contributed by atoms with Gasteiger partial charge in [-0.25, -0.2) is 0 Å². The Bertz CT molecular complexity index is 662. The van der Waals surface area contributed by atoms with Gasteiger partial charge in [-0.2, -0.15) is 0 Å². The Labute approximate surface area is 191 Å². The number of carbonyl (C=O) groups excluding carboxylic acids is 1. The van der Waals surface area contributed by atoms with Crippen molar-refractivity contribution in [2.75, 3.05) is 44.7 Å². The molecule has 7 nitrogen and oxygen atoms in total. The first-order valence-electron chi connectivity index (χ1n) is 10.3. The second kappa shape index (κ2) is 11.7. The molecule has 3 unspecified atom stereocenters. The number of para-hydroxylation sites is 1. The van der Waals surface area contributed by atoms with Gasteiger partial charge in [-0.05, 0) is 32.4 Å². The molecule has 0 bridgehead atoms. The number of hydrogen-bond acceptors (Lipinski definition) is 4. The molecule has 1 aromatic carbocycles. The van der Waals surface area contributed by atoms with E-state index >= 15 is 0 Å². The third kappa shape index (κ3) is 7.11. The molecular weight excluding hydrogens is 481 g/mol. The van der Waals surface area contributed by atoms with Crippen LogP contribution < -0.4 is 15.5 Å². The summed E-state index contributed by atoms with van der Waals surface area (Å²) in [5.41, 5.74) is 0.953. The fourth-order valence-corrected chi connectivity index (χ4v) is 4.03. The van der Waals surface area contributed by atoms with Gasteiger partial charge < -0.3 is 20.3 Å². The summed E-state index contributed by atoms with van der Waals surface area (Å²) in [6, 6.07) is 9.89. The van der Waals surface area contributed by atoms with Crippen LogP contribution in [0.4, 0.5) is 5.69 Å². The summed E-state index contributed by atoms with van der Waals surface area (Å²) in [6.45, 7) is 8.82. The number of halogens is 1. The second-order valence-electron chi connectivity index (χ2n) is 7.75. The Morgan fingerprint density at radius 2 is 1.86 bits per heavy atom. The number of nitrogens with one attached hydrogen (secondary N) is 2. The molecule has 1 amide bonds. The van der Waals surface area contributed by atoms with Crippen LogP contribution in [0.5, 0.6) is 0 Å². The van der Waals surface area contributed by atoms with Crippen LogP contribution in [0.2, 0.25) is 0 Å². The van der Waals surface area contributed by atoms with Crippen LogP contribution in [0.1, 0.15) is 26.7 Å². The van der Waals surface area contributed by atoms with Crippen molar-refractivity contribution in [2.24, 2.45) is 4.99 Å². The van der Waals surface area contributed by atoms with Gasteiger partial charge in [-0.15, -0.1) is 24.0 Å². The Kier molecular flexibility index (Phi) is 9.64. The van der Waals surface area contributed by atoms with Crippen LogP contribution in [-0.4, -0.2) is 74.8 Å². The molecule has 0 radical (unpaired) electrons. The van der Waals surface area contributed by atoms with Crippen LogP contribution in [0.25, 0.3) is 0 Å². The summed E-state index contributed by atoms with van der Waals surface area (Å²) >= 11 is 0. The molecule has 3 atom stereocenters. The highest BCUT2D eigenvalue weighted by Gasteiger charge is 2.31. The molecule has 2 N–H and O–H groups in total. The first-order chi connectivity index (χ1) is 13.5. The van der Waals surface area contributed by atoms with Gasteiger partial charge in [0.05, 0.1) is 18.2 Å². The highest BCUT2D eigenvalue weighted by atomic mass is 127. The van der Waals surface area contributed by atoms with Gasteiger partial charge >= 0.3 is 0 Å². The van der Waals surface area contributed by atoms with Crippen LogP contribution in [0.3, 0.4) is 0 Å². The van der Waals surface area contributed by atoms with E-state index in [0.29, 0.717) is 25.2 Å². The lowest BCUT2D eigenvalue weighted by molar-refractivity contribution is -0.117. The number of anilines is 1. The minimum atomic E-state index is 0. The molecule has 8 heteroatoms. The number of guanidine groups is 1. The lowest BCUT2D eigenvalue weighted by Crippen LogP contribution is -2.47. The van der Waals surface area contributed by atoms with E-state index in [9.17, 15) is 4.79 Å². The van der Waals surface area contributed by atoms with E-state index in [1.807, 2.05) is 35.2 Å². The fraction of sp³-hybridized carbons (Fsp3) is 0.619. The average molecular weight is 515 g/mol. The molecule has 2 aliphatic heterocycles. The summed E-state index contributed by atoms with van der Waals surface area (Å²) < 4.78 is 5.78. The second-order valence-corrected chi connectivity index (χ2v) is 7.75. The largest absolute Gasteiger partial charge is 0.373 e. The minimum absolute atomic E-state index is 0. The number of carbonyl (C=O) groups is 1. The Morgan fingerprint density at radius 1 is 1.17 bits per heavy atom. The number of ether oxygens (including phenoxy) is 1. The molecule has 29 heavy (non-hydrogen) atoms. The molecule has 0 saturated carbocycles. The SMILES string of the molecule is CN=C(NCCCN1CC(C)OC(C)C1)NC1CC(=O)N(c2ccccc2)C1.I. The van der Waals surface area contributed by atoms with Crippen LogP contribution in [-0.2, 0) is 9.53 Å². The van der Waals surface area contributed by atoms with Crippen LogP contribution in [0.15, 0.2) is 35.3 Å². The number of benzene rings is 1. The number of morpholine rings is 1. The summed E-state index contributed by atoms with van der Waals surface area (Å²) in [7, 11) is 1.77. The Morgan fingerprint density at radius 3 is 2.52 bits per heavy atom. The zero-order valence-corrected chi connectivity index (χ0v) is 20.0. The first-order valence-corrected chi connectivity index (χ1v) is 10.3. The number of aliphatic imine (C=N–C) groups is 1. The molecular formula is C21H34IN5O2. The summed E-state index contributed by atoms with van der Waals surface area (Å²) in [6.07, 6.45) is 2.14. The zero-order valence-electron chi connectivity index (χ0n) is 17.6. The van der Waals surface area contributed by atoms with E-state index in [-0.39, 0.29) is 35.9 Å². The van der Waals surface area contributed by atoms with Gasteiger partial charge in [-0.3, -0.25) is 14.7 Å². The third-order valence-corrected chi connectivity index (χ3v) is 5.20. The quantitative estimate of drug-likeness (QED) is 0.263. The van der Waals surface area contributed by atoms with Crippen molar-refractivity contribution in [3.8, 4) is 0 Å². The first kappa shape index (κ1) is 23.9. The van der Waals surface area contributed by atoms with E-state index in [2.05, 4.69) is 34.4 Å². The van der Waals surface area contributed by atoms with E-state index in [4.69, 9.17) is 4.74 Å². The molecule has 1 aromatic rings. The van der Waals surface area contributed by atoms with E-state index < -0.39 is 0 Å². The number of rotatable bonds is 6. The number of nitrogens with zero attached hydrogens (tertiary/aromatic N) is 3. The molecule has 2 fully saturated rings. The highest BCUT2D eigenvalue weighted by molar-refractivity contribution is 14.0. The van der Waals surface area contributed by atoms with Gasteiger partial charge in [0.25, 0.3) is 0 Å². The van der Waals surface area contributed by atoms with Crippen molar-refractivity contribution in [3.05, 3.63) is 30.3 Å². The molecule has 2 heterocycles. The lowest BCUT2D eigenvalue weighted by Gasteiger charge is -2.35. The maximum absolute atomic E-state index is 12.4. The van der Waals surface area contributed by atoms with Gasteiger partial charge in [0, 0.05) is 51.9 Å². The molecule has 0 spiro atoms. The minimum Gasteiger partial charge on any atom is -0.373 e. The fourth-order valence-electron chi connectivity index (χ4n) is 4.03. The topological polar surface area (TPSA) is 69.2 Å². The highest BCUT2D eigenvalue weighted by Crippen LogP contribution is 2.20. The molecule has 0 aromatic heterocycles. The summed E-state index contributed by atoms with van der Waals surface area (Å²) in [5.74, 6) is 0.908. The predicted molar refractivity (Wildman–Crippen MR) is 128 cm³/mol. The Hall–Kier alpha value is -1.39. The van der Waals surface area contributed by atoms with E-state index in [1.165, 1.54) is 0 Å². The van der Waals surface area contributed by atoms with Gasteiger partial charge in [0.2, 0.25) is 5.91 Å². The van der Waals surface area contributed by atoms with E-state index in [0.717, 1.165) is 44.2 Å². The van der Waals surface area contributed by atoms with Gasteiger partial charge in [0.15, 0.2) is 5.96 Å². The summed E-state index contributed by atoms with van der Waals surface area (Å²) in [5, 5.41) is 6.77. The van der Waals surface area contributed by atoms with Crippen molar-refractivity contribution in [3.63, 3.8) is 0 Å². The van der Waals surface area contributed by atoms with Crippen LogP contribution >= 0.6 is 24.0 Å². The summed E-state index contributed by atoms with van der Waals surface area (Å²) in [4.78, 5) is 21.0. The predicted octanol–water partition coefficient (Wildman–Crippen LogP) is 2.07.